The molecule has 0 aromatic heterocycles. The van der Waals surface area contributed by atoms with Gasteiger partial charge in [0, 0.05) is 6.07 Å². The van der Waals surface area contributed by atoms with E-state index in [1.807, 2.05) is 0 Å². The van der Waals surface area contributed by atoms with Crippen molar-refractivity contribution in [1.29, 1.82) is 0 Å². The second-order valence-electron chi connectivity index (χ2n) is 3.03. The fourth-order valence-electron chi connectivity index (χ4n) is 1.36. The highest BCUT2D eigenvalue weighted by Gasteiger charge is 2.16. The van der Waals surface area contributed by atoms with Crippen molar-refractivity contribution in [2.24, 2.45) is 5.73 Å². The molecular formula is C11H15NO4. The van der Waals surface area contributed by atoms with Crippen LogP contribution in [0.15, 0.2) is 12.1 Å². The molecule has 88 valence electrons. The number of ether oxygens (including phenoxy) is 3. The first-order valence-corrected chi connectivity index (χ1v) is 4.71. The minimum absolute atomic E-state index is 0.0775. The zero-order valence-corrected chi connectivity index (χ0v) is 9.57. The van der Waals surface area contributed by atoms with E-state index in [4.69, 9.17) is 19.9 Å². The number of carbonyl (C=O) groups is 1. The molecule has 0 radical (unpaired) electrons. The summed E-state index contributed by atoms with van der Waals surface area (Å²) >= 11 is 0. The van der Waals surface area contributed by atoms with Crippen LogP contribution in [0, 0.1) is 0 Å². The Morgan fingerprint density at radius 1 is 1.06 bits per heavy atom. The summed E-state index contributed by atoms with van der Waals surface area (Å²) in [6, 6.07) is 3.16. The van der Waals surface area contributed by atoms with Crippen molar-refractivity contribution in [2.45, 2.75) is 0 Å². The van der Waals surface area contributed by atoms with Crippen LogP contribution in [0.5, 0.6) is 17.2 Å². The Labute approximate surface area is 94.1 Å². The summed E-state index contributed by atoms with van der Waals surface area (Å²) in [6.07, 6.45) is 0. The number of methoxy groups -OCH3 is 3. The number of carbonyl (C=O) groups excluding carboxylic acids is 1. The van der Waals surface area contributed by atoms with Gasteiger partial charge in [-0.15, -0.1) is 0 Å². The summed E-state index contributed by atoms with van der Waals surface area (Å²) in [5.41, 5.74) is 5.70. The van der Waals surface area contributed by atoms with Crippen molar-refractivity contribution in [3.8, 4) is 17.2 Å². The van der Waals surface area contributed by atoms with Gasteiger partial charge in [0.15, 0.2) is 17.3 Å². The molecule has 1 aromatic rings. The highest BCUT2D eigenvalue weighted by molar-refractivity contribution is 6.00. The number of hydrogen-bond donors (Lipinski definition) is 1. The van der Waals surface area contributed by atoms with E-state index in [1.165, 1.54) is 21.3 Å². The van der Waals surface area contributed by atoms with Gasteiger partial charge in [-0.05, 0) is 6.07 Å². The predicted molar refractivity (Wildman–Crippen MR) is 59.5 cm³/mol. The predicted octanol–water partition coefficient (Wildman–Crippen LogP) is 0.854. The molecule has 0 heterocycles. The topological polar surface area (TPSA) is 70.8 Å². The first-order chi connectivity index (χ1) is 7.67. The third-order valence-electron chi connectivity index (χ3n) is 2.19. The molecule has 0 bridgehead atoms. The second-order valence-corrected chi connectivity index (χ2v) is 3.03. The molecule has 0 amide bonds. The van der Waals surface area contributed by atoms with E-state index in [9.17, 15) is 4.79 Å². The first-order valence-electron chi connectivity index (χ1n) is 4.71. The Morgan fingerprint density at radius 3 is 2.00 bits per heavy atom. The van der Waals surface area contributed by atoms with E-state index >= 15 is 0 Å². The van der Waals surface area contributed by atoms with Gasteiger partial charge in [0.25, 0.3) is 0 Å². The summed E-state index contributed by atoms with van der Waals surface area (Å²) in [4.78, 5) is 11.6. The van der Waals surface area contributed by atoms with Gasteiger partial charge in [0.1, 0.15) is 5.75 Å². The smallest absolute Gasteiger partial charge is 0.180 e. The highest BCUT2D eigenvalue weighted by atomic mass is 16.5. The summed E-state index contributed by atoms with van der Waals surface area (Å²) < 4.78 is 15.3. The maximum Gasteiger partial charge on any atom is 0.180 e. The van der Waals surface area contributed by atoms with Crippen molar-refractivity contribution >= 4 is 5.78 Å². The molecule has 0 unspecified atom stereocenters. The van der Waals surface area contributed by atoms with Crippen LogP contribution >= 0.6 is 0 Å². The van der Waals surface area contributed by atoms with Crippen LogP contribution in [0.4, 0.5) is 0 Å². The van der Waals surface area contributed by atoms with E-state index in [2.05, 4.69) is 0 Å². The van der Waals surface area contributed by atoms with Crippen LogP contribution in [-0.2, 0) is 0 Å². The van der Waals surface area contributed by atoms with Gasteiger partial charge >= 0.3 is 0 Å². The van der Waals surface area contributed by atoms with Crippen molar-refractivity contribution in [2.75, 3.05) is 27.9 Å². The number of benzene rings is 1. The number of Topliss-reactive ketones (excluding diaryl/α,β-unsaturated/α-hetero) is 1. The van der Waals surface area contributed by atoms with Crippen LogP contribution in [0.25, 0.3) is 0 Å². The van der Waals surface area contributed by atoms with Gasteiger partial charge in [-0.1, -0.05) is 0 Å². The number of ketones is 1. The first kappa shape index (κ1) is 12.3. The molecule has 1 aromatic carbocycles. The quantitative estimate of drug-likeness (QED) is 0.752. The highest BCUT2D eigenvalue weighted by Crippen LogP contribution is 2.34. The number of rotatable bonds is 5. The third-order valence-corrected chi connectivity index (χ3v) is 2.19. The van der Waals surface area contributed by atoms with E-state index < -0.39 is 0 Å². The Morgan fingerprint density at radius 2 is 1.56 bits per heavy atom. The average molecular weight is 225 g/mol. The summed E-state index contributed by atoms with van der Waals surface area (Å²) in [6.45, 7) is -0.0775. The lowest BCUT2D eigenvalue weighted by Crippen LogP contribution is -2.14. The fraction of sp³-hybridized carbons (Fsp3) is 0.364. The molecule has 0 saturated carbocycles. The molecule has 0 spiro atoms. The molecule has 0 aliphatic carbocycles. The van der Waals surface area contributed by atoms with Crippen molar-refractivity contribution < 1.29 is 19.0 Å². The molecule has 2 N–H and O–H groups in total. The van der Waals surface area contributed by atoms with Crippen LogP contribution in [0.2, 0.25) is 0 Å². The van der Waals surface area contributed by atoms with E-state index in [0.717, 1.165) is 0 Å². The Kier molecular flexibility index (Phi) is 4.13. The monoisotopic (exact) mass is 225 g/mol. The van der Waals surface area contributed by atoms with Gasteiger partial charge in [-0.2, -0.15) is 0 Å². The molecule has 1 rings (SSSR count). The zero-order valence-electron chi connectivity index (χ0n) is 9.57. The van der Waals surface area contributed by atoms with E-state index in [1.54, 1.807) is 12.1 Å². The van der Waals surface area contributed by atoms with Crippen LogP contribution < -0.4 is 19.9 Å². The molecule has 0 aliphatic heterocycles. The van der Waals surface area contributed by atoms with Crippen molar-refractivity contribution in [3.63, 3.8) is 0 Å². The Balaban J connectivity index is 3.31. The molecule has 16 heavy (non-hydrogen) atoms. The molecule has 5 nitrogen and oxygen atoms in total. The lowest BCUT2D eigenvalue weighted by atomic mass is 10.1. The molecule has 0 fully saturated rings. The SMILES string of the molecule is COc1cc(OC)c(C(=O)CN)cc1OC. The minimum Gasteiger partial charge on any atom is -0.496 e. The van der Waals surface area contributed by atoms with E-state index in [-0.39, 0.29) is 12.3 Å². The normalized spacial score (nSPS) is 9.75. The maximum atomic E-state index is 11.6. The molecule has 0 aliphatic rings. The van der Waals surface area contributed by atoms with Gasteiger partial charge in [-0.3, -0.25) is 4.79 Å². The van der Waals surface area contributed by atoms with Gasteiger partial charge in [0.2, 0.25) is 0 Å². The summed E-state index contributed by atoms with van der Waals surface area (Å²) in [5, 5.41) is 0. The lowest BCUT2D eigenvalue weighted by molar-refractivity contribution is 0.0998. The van der Waals surface area contributed by atoms with Crippen molar-refractivity contribution in [1.82, 2.24) is 0 Å². The van der Waals surface area contributed by atoms with E-state index in [0.29, 0.717) is 22.8 Å². The number of hydrogen-bond acceptors (Lipinski definition) is 5. The van der Waals surface area contributed by atoms with Crippen LogP contribution in [0.3, 0.4) is 0 Å². The Bertz CT molecular complexity index is 390. The fourth-order valence-corrected chi connectivity index (χ4v) is 1.36. The Hall–Kier alpha value is -1.75. The van der Waals surface area contributed by atoms with Crippen LogP contribution in [0.1, 0.15) is 10.4 Å². The second kappa shape index (κ2) is 5.37. The zero-order chi connectivity index (χ0) is 12.1. The lowest BCUT2D eigenvalue weighted by Gasteiger charge is -2.12. The average Bonchev–Trinajstić information content (AvgIpc) is 2.35. The summed E-state index contributed by atoms with van der Waals surface area (Å²) in [7, 11) is 4.50. The van der Waals surface area contributed by atoms with Gasteiger partial charge < -0.3 is 19.9 Å². The maximum absolute atomic E-state index is 11.6. The van der Waals surface area contributed by atoms with Gasteiger partial charge in [0.05, 0.1) is 33.4 Å². The molecule has 5 heteroatoms. The molecular weight excluding hydrogens is 210 g/mol. The largest absolute Gasteiger partial charge is 0.496 e. The van der Waals surface area contributed by atoms with Crippen LogP contribution in [-0.4, -0.2) is 33.7 Å². The number of nitrogens with two attached hydrogens (primary N) is 1. The molecule has 0 saturated heterocycles. The van der Waals surface area contributed by atoms with Crippen molar-refractivity contribution in [3.05, 3.63) is 17.7 Å². The standard InChI is InChI=1S/C11H15NO4/c1-14-9-5-11(16-3)10(15-2)4-7(9)8(13)6-12/h4-5H,6,12H2,1-3H3. The van der Waals surface area contributed by atoms with Gasteiger partial charge in [-0.25, -0.2) is 0 Å². The third kappa shape index (κ3) is 2.25. The minimum atomic E-state index is -0.210. The summed E-state index contributed by atoms with van der Waals surface area (Å²) in [5.74, 6) is 1.19. The molecule has 0 atom stereocenters.